The smallest absolute Gasteiger partial charge is 0.326 e. The highest BCUT2D eigenvalue weighted by atomic mass is 32.2. The first kappa shape index (κ1) is 20.5. The molecule has 1 atom stereocenters. The third-order valence-corrected chi connectivity index (χ3v) is 6.13. The Morgan fingerprint density at radius 2 is 2.07 bits per heavy atom. The zero-order valence-corrected chi connectivity index (χ0v) is 17.8. The first-order chi connectivity index (χ1) is 14.4. The number of carboxylic acids is 1. The predicted molar refractivity (Wildman–Crippen MR) is 115 cm³/mol. The van der Waals surface area contributed by atoms with Crippen LogP contribution in [0.15, 0.2) is 35.6 Å². The Bertz CT molecular complexity index is 1070. The molecule has 2 aromatic heterocycles. The number of aliphatic carboxylic acids is 1. The van der Waals surface area contributed by atoms with Crippen LogP contribution in [0.5, 0.6) is 0 Å². The molecule has 1 saturated carbocycles. The van der Waals surface area contributed by atoms with Crippen molar-refractivity contribution < 1.29 is 14.7 Å². The molecule has 3 N–H and O–H groups in total. The van der Waals surface area contributed by atoms with E-state index in [9.17, 15) is 14.7 Å². The average Bonchev–Trinajstić information content (AvgIpc) is 3.33. The van der Waals surface area contributed by atoms with Crippen LogP contribution in [-0.4, -0.2) is 48.5 Å². The van der Waals surface area contributed by atoms with Gasteiger partial charge in [-0.15, -0.1) is 10.2 Å². The van der Waals surface area contributed by atoms with E-state index < -0.39 is 12.0 Å². The number of para-hydroxylation sites is 1. The number of carbonyl (C=O) groups excluding carboxylic acids is 1. The molecule has 158 valence electrons. The third kappa shape index (κ3) is 4.35. The summed E-state index contributed by atoms with van der Waals surface area (Å²) in [5.41, 5.74) is 1.81. The first-order valence-electron chi connectivity index (χ1n) is 10.1. The molecule has 0 radical (unpaired) electrons. The first-order valence-corrected chi connectivity index (χ1v) is 11.1. The minimum Gasteiger partial charge on any atom is -0.480 e. The van der Waals surface area contributed by atoms with Crippen LogP contribution in [0.3, 0.4) is 0 Å². The number of H-pyrrole nitrogens is 1. The van der Waals surface area contributed by atoms with E-state index >= 15 is 0 Å². The van der Waals surface area contributed by atoms with E-state index in [2.05, 4.69) is 38.9 Å². The van der Waals surface area contributed by atoms with Crippen molar-refractivity contribution in [3.05, 3.63) is 41.9 Å². The summed E-state index contributed by atoms with van der Waals surface area (Å²) in [5.74, 6) is -0.0942. The minimum absolute atomic E-state index is 0.0978. The van der Waals surface area contributed by atoms with E-state index in [1.54, 1.807) is 6.20 Å². The maximum Gasteiger partial charge on any atom is 0.326 e. The molecule has 0 bridgehead atoms. The van der Waals surface area contributed by atoms with Gasteiger partial charge in [-0.2, -0.15) is 0 Å². The quantitative estimate of drug-likeness (QED) is 0.452. The molecule has 1 fully saturated rings. The van der Waals surface area contributed by atoms with Crippen LogP contribution in [0, 0.1) is 0 Å². The van der Waals surface area contributed by atoms with Gasteiger partial charge in [0.05, 0.1) is 5.75 Å². The fourth-order valence-corrected chi connectivity index (χ4v) is 4.37. The summed E-state index contributed by atoms with van der Waals surface area (Å²) in [4.78, 5) is 27.4. The molecule has 4 rings (SSSR count). The van der Waals surface area contributed by atoms with E-state index in [0.29, 0.717) is 6.04 Å². The maximum atomic E-state index is 12.5. The fraction of sp³-hybridized carbons (Fsp3) is 0.429. The molecule has 1 aromatic carbocycles. The molecule has 0 spiro atoms. The number of rotatable bonds is 9. The summed E-state index contributed by atoms with van der Waals surface area (Å²) in [6.07, 6.45) is 4.21. The highest BCUT2D eigenvalue weighted by Gasteiger charge is 2.31. The second-order valence-corrected chi connectivity index (χ2v) is 8.85. The summed E-state index contributed by atoms with van der Waals surface area (Å²) < 4.78 is 2.13. The Morgan fingerprint density at radius 3 is 2.77 bits per heavy atom. The van der Waals surface area contributed by atoms with Crippen molar-refractivity contribution in [1.29, 1.82) is 0 Å². The molecule has 30 heavy (non-hydrogen) atoms. The summed E-state index contributed by atoms with van der Waals surface area (Å²) in [6, 6.07) is 7.12. The summed E-state index contributed by atoms with van der Waals surface area (Å²) in [6.45, 7) is 4.15. The highest BCUT2D eigenvalue weighted by Crippen LogP contribution is 2.40. The molecule has 2 heterocycles. The Kier molecular flexibility index (Phi) is 5.80. The minimum atomic E-state index is -1.05. The number of nitrogens with zero attached hydrogens (tertiary/aromatic N) is 3. The number of carboxylic acid groups (broad SMARTS) is 1. The van der Waals surface area contributed by atoms with Gasteiger partial charge in [-0.3, -0.25) is 4.79 Å². The van der Waals surface area contributed by atoms with Crippen molar-refractivity contribution in [3.63, 3.8) is 0 Å². The van der Waals surface area contributed by atoms with Crippen LogP contribution in [0.4, 0.5) is 0 Å². The van der Waals surface area contributed by atoms with Crippen LogP contribution in [0.2, 0.25) is 0 Å². The number of carbonyl (C=O) groups is 2. The number of thioether (sulfide) groups is 1. The van der Waals surface area contributed by atoms with Gasteiger partial charge in [-0.25, -0.2) is 4.79 Å². The number of hydrogen-bond acceptors (Lipinski definition) is 5. The van der Waals surface area contributed by atoms with Gasteiger partial charge in [0.1, 0.15) is 11.9 Å². The van der Waals surface area contributed by atoms with E-state index in [1.165, 1.54) is 11.8 Å². The molecule has 1 amide bonds. The molecule has 0 saturated heterocycles. The van der Waals surface area contributed by atoms with Crippen LogP contribution in [0.1, 0.15) is 50.0 Å². The van der Waals surface area contributed by atoms with E-state index in [4.69, 9.17) is 0 Å². The van der Waals surface area contributed by atoms with Crippen LogP contribution in [-0.2, 0) is 16.0 Å². The van der Waals surface area contributed by atoms with Crippen molar-refractivity contribution in [2.75, 3.05) is 5.75 Å². The number of aromatic nitrogens is 4. The lowest BCUT2D eigenvalue weighted by atomic mass is 10.1. The number of aromatic amines is 1. The van der Waals surface area contributed by atoms with Gasteiger partial charge in [0.25, 0.3) is 0 Å². The molecule has 8 nitrogen and oxygen atoms in total. The molecular formula is C21H25N5O3S. The molecule has 3 aromatic rings. The second-order valence-electron chi connectivity index (χ2n) is 7.91. The zero-order chi connectivity index (χ0) is 21.3. The fourth-order valence-electron chi connectivity index (χ4n) is 3.54. The Morgan fingerprint density at radius 1 is 1.30 bits per heavy atom. The average molecular weight is 428 g/mol. The van der Waals surface area contributed by atoms with E-state index in [1.807, 2.05) is 24.3 Å². The van der Waals surface area contributed by atoms with Crippen molar-refractivity contribution in [2.24, 2.45) is 0 Å². The number of fused-ring (bicyclic) bond motifs is 1. The molecule has 9 heteroatoms. The highest BCUT2D eigenvalue weighted by molar-refractivity contribution is 7.99. The number of hydrogen-bond donors (Lipinski definition) is 3. The van der Waals surface area contributed by atoms with Crippen LogP contribution in [0.25, 0.3) is 10.9 Å². The predicted octanol–water partition coefficient (Wildman–Crippen LogP) is 3.12. The molecule has 1 unspecified atom stereocenters. The topological polar surface area (TPSA) is 113 Å². The summed E-state index contributed by atoms with van der Waals surface area (Å²) in [7, 11) is 0. The Balaban J connectivity index is 1.40. The van der Waals surface area contributed by atoms with Gasteiger partial charge in [-0.1, -0.05) is 43.8 Å². The second kappa shape index (κ2) is 8.51. The van der Waals surface area contributed by atoms with E-state index in [-0.39, 0.29) is 24.0 Å². The van der Waals surface area contributed by atoms with Crippen molar-refractivity contribution in [2.45, 2.75) is 56.3 Å². The number of nitrogens with one attached hydrogen (secondary N) is 2. The van der Waals surface area contributed by atoms with Crippen LogP contribution < -0.4 is 5.32 Å². The van der Waals surface area contributed by atoms with Crippen molar-refractivity contribution in [3.8, 4) is 0 Å². The Hall–Kier alpha value is -2.81. The summed E-state index contributed by atoms with van der Waals surface area (Å²) in [5, 5.41) is 22.5. The SMILES string of the molecule is CC(C)c1nnc(SCC(=O)NC(Cc2c[nH]c3ccccc23)C(=O)O)n1C1CC1. The van der Waals surface area contributed by atoms with Gasteiger partial charge >= 0.3 is 5.97 Å². The Labute approximate surface area is 178 Å². The monoisotopic (exact) mass is 427 g/mol. The van der Waals surface area contributed by atoms with Gasteiger partial charge in [-0.05, 0) is 24.5 Å². The van der Waals surface area contributed by atoms with Crippen molar-refractivity contribution in [1.82, 2.24) is 25.1 Å². The lowest BCUT2D eigenvalue weighted by molar-refractivity contribution is -0.141. The van der Waals surface area contributed by atoms with Gasteiger partial charge in [0.2, 0.25) is 5.91 Å². The maximum absolute atomic E-state index is 12.5. The number of benzene rings is 1. The molecule has 1 aliphatic carbocycles. The molecule has 0 aliphatic heterocycles. The van der Waals surface area contributed by atoms with Gasteiger partial charge in [0.15, 0.2) is 5.16 Å². The standard InChI is InChI=1S/C21H25N5O3S/c1-12(2)19-24-25-21(26(19)14-7-8-14)30-11-18(27)23-17(20(28)29)9-13-10-22-16-6-4-3-5-15(13)16/h3-6,10,12,14,17,22H,7-9,11H2,1-2H3,(H,23,27)(H,28,29). The van der Waals surface area contributed by atoms with Gasteiger partial charge < -0.3 is 20.0 Å². The third-order valence-electron chi connectivity index (χ3n) is 5.18. The molecular weight excluding hydrogens is 402 g/mol. The lowest BCUT2D eigenvalue weighted by Crippen LogP contribution is -2.43. The van der Waals surface area contributed by atoms with Crippen LogP contribution >= 0.6 is 11.8 Å². The van der Waals surface area contributed by atoms with E-state index in [0.717, 1.165) is 40.3 Å². The lowest BCUT2D eigenvalue weighted by Gasteiger charge is -2.14. The van der Waals surface area contributed by atoms with Gasteiger partial charge in [0, 0.05) is 35.5 Å². The summed E-state index contributed by atoms with van der Waals surface area (Å²) >= 11 is 1.30. The normalized spacial score (nSPS) is 14.9. The largest absolute Gasteiger partial charge is 0.480 e. The number of amides is 1. The van der Waals surface area contributed by atoms with Crippen molar-refractivity contribution >= 4 is 34.5 Å². The zero-order valence-electron chi connectivity index (χ0n) is 17.0. The molecule has 1 aliphatic rings.